The molecule has 0 aliphatic carbocycles. The highest BCUT2D eigenvalue weighted by atomic mass is 16.6. The number of carbonyl (C=O) groups excluding carboxylic acids is 1. The zero-order chi connectivity index (χ0) is 16.0. The van der Waals surface area contributed by atoms with Crippen LogP contribution in [0.4, 0.5) is 5.69 Å². The third kappa shape index (κ3) is 4.16. The zero-order valence-electron chi connectivity index (χ0n) is 12.5. The molecule has 116 valence electrons. The third-order valence-electron chi connectivity index (χ3n) is 3.58. The Morgan fingerprint density at radius 2 is 2.19 bits per heavy atom. The summed E-state index contributed by atoms with van der Waals surface area (Å²) in [6, 6.07) is 4.87. The number of carbonyl (C=O) groups is 1. The van der Waals surface area contributed by atoms with Gasteiger partial charge in [-0.05, 0) is 32.0 Å². The topological polar surface area (TPSA) is 107 Å². The minimum absolute atomic E-state index is 0.0698. The number of likely N-dealkylation sites (N-methyl/N-ethyl adjacent to an activating group) is 1. The van der Waals surface area contributed by atoms with Crippen LogP contribution in [0.25, 0.3) is 0 Å². The summed E-state index contributed by atoms with van der Waals surface area (Å²) in [6.45, 7) is 3.73. The smallest absolute Gasteiger partial charge is 0.311 e. The van der Waals surface area contributed by atoms with Gasteiger partial charge in [0.15, 0.2) is 5.75 Å². The van der Waals surface area contributed by atoms with Gasteiger partial charge in [-0.2, -0.15) is 0 Å². The minimum Gasteiger partial charge on any atom is -0.487 e. The van der Waals surface area contributed by atoms with Gasteiger partial charge in [-0.15, -0.1) is 0 Å². The average molecular weight is 295 g/mol. The molecule has 0 aromatic heterocycles. The molecule has 7 nitrogen and oxygen atoms in total. The van der Waals surface area contributed by atoms with E-state index in [0.717, 1.165) is 5.56 Å². The van der Waals surface area contributed by atoms with Gasteiger partial charge in [-0.1, -0.05) is 13.0 Å². The van der Waals surface area contributed by atoms with Gasteiger partial charge >= 0.3 is 5.69 Å². The molecule has 0 aliphatic heterocycles. The third-order valence-corrected chi connectivity index (χ3v) is 3.58. The number of benzene rings is 1. The van der Waals surface area contributed by atoms with E-state index in [-0.39, 0.29) is 18.0 Å². The summed E-state index contributed by atoms with van der Waals surface area (Å²) in [5.74, 6) is -0.301. The second-order valence-corrected chi connectivity index (χ2v) is 4.96. The van der Waals surface area contributed by atoms with Crippen molar-refractivity contribution in [3.05, 3.63) is 33.9 Å². The van der Waals surface area contributed by atoms with E-state index in [2.05, 4.69) is 5.32 Å². The van der Waals surface area contributed by atoms with Crippen molar-refractivity contribution in [3.8, 4) is 5.75 Å². The number of ether oxygens (including phenoxy) is 1. The molecule has 0 radical (unpaired) electrons. The molecule has 1 aromatic rings. The number of nitrogens with zero attached hydrogens (tertiary/aromatic N) is 1. The molecule has 1 atom stereocenters. The van der Waals surface area contributed by atoms with Gasteiger partial charge in [0.1, 0.15) is 0 Å². The molecule has 0 spiro atoms. The summed E-state index contributed by atoms with van der Waals surface area (Å²) in [7, 11) is 1.63. The number of hydrogen-bond donors (Lipinski definition) is 2. The maximum Gasteiger partial charge on any atom is 0.311 e. The lowest BCUT2D eigenvalue weighted by atomic mass is 9.98. The quantitative estimate of drug-likeness (QED) is 0.556. The lowest BCUT2D eigenvalue weighted by molar-refractivity contribution is -0.385. The first-order valence-corrected chi connectivity index (χ1v) is 6.73. The van der Waals surface area contributed by atoms with Crippen LogP contribution < -0.4 is 15.8 Å². The fourth-order valence-corrected chi connectivity index (χ4v) is 1.78. The van der Waals surface area contributed by atoms with Crippen LogP contribution in [0.15, 0.2) is 18.2 Å². The van der Waals surface area contributed by atoms with Gasteiger partial charge in [0.25, 0.3) is 0 Å². The summed E-state index contributed by atoms with van der Waals surface area (Å²) in [6.07, 6.45) is 1.02. The Bertz CT molecular complexity index is 533. The highest BCUT2D eigenvalue weighted by molar-refractivity contribution is 5.84. The van der Waals surface area contributed by atoms with Crippen molar-refractivity contribution in [2.24, 2.45) is 5.73 Å². The number of rotatable bonds is 8. The molecule has 7 heteroatoms. The second kappa shape index (κ2) is 7.03. The van der Waals surface area contributed by atoms with Crippen molar-refractivity contribution in [3.63, 3.8) is 0 Å². The minimum atomic E-state index is -0.905. The summed E-state index contributed by atoms with van der Waals surface area (Å²) in [5.41, 5.74) is 5.20. The van der Waals surface area contributed by atoms with E-state index in [9.17, 15) is 14.9 Å². The average Bonchev–Trinajstić information content (AvgIpc) is 2.46. The molecule has 0 aliphatic rings. The highest BCUT2D eigenvalue weighted by Crippen LogP contribution is 2.28. The van der Waals surface area contributed by atoms with Crippen LogP contribution in [0.5, 0.6) is 5.75 Å². The molecular formula is C14H21N3O4. The van der Waals surface area contributed by atoms with Crippen LogP contribution in [0.3, 0.4) is 0 Å². The van der Waals surface area contributed by atoms with Crippen molar-refractivity contribution in [2.75, 3.05) is 13.7 Å². The predicted molar refractivity (Wildman–Crippen MR) is 79.2 cm³/mol. The maximum atomic E-state index is 11.3. The first-order chi connectivity index (χ1) is 9.84. The van der Waals surface area contributed by atoms with E-state index in [1.807, 2.05) is 6.92 Å². The van der Waals surface area contributed by atoms with E-state index < -0.39 is 16.4 Å². The van der Waals surface area contributed by atoms with E-state index in [1.54, 1.807) is 26.1 Å². The van der Waals surface area contributed by atoms with Crippen molar-refractivity contribution in [2.45, 2.75) is 32.2 Å². The van der Waals surface area contributed by atoms with E-state index >= 15 is 0 Å². The number of hydrogen-bond acceptors (Lipinski definition) is 5. The van der Waals surface area contributed by atoms with Gasteiger partial charge in [-0.3, -0.25) is 14.9 Å². The molecule has 3 N–H and O–H groups in total. The van der Waals surface area contributed by atoms with E-state index in [4.69, 9.17) is 10.5 Å². The zero-order valence-corrected chi connectivity index (χ0v) is 12.5. The first kappa shape index (κ1) is 16.9. The fraction of sp³-hybridized carbons (Fsp3) is 0.500. The first-order valence-electron chi connectivity index (χ1n) is 6.73. The van der Waals surface area contributed by atoms with Crippen LogP contribution in [-0.2, 0) is 11.2 Å². The Hall–Kier alpha value is -2.15. The largest absolute Gasteiger partial charge is 0.487 e. The van der Waals surface area contributed by atoms with Gasteiger partial charge in [0, 0.05) is 12.5 Å². The number of aryl methyl sites for hydroxylation is 1. The number of amides is 1. The molecule has 0 bridgehead atoms. The van der Waals surface area contributed by atoms with Gasteiger partial charge in [-0.25, -0.2) is 0 Å². The highest BCUT2D eigenvalue weighted by Gasteiger charge is 2.29. The van der Waals surface area contributed by atoms with Crippen molar-refractivity contribution in [1.82, 2.24) is 5.32 Å². The number of nitro groups is 1. The number of nitrogens with one attached hydrogen (secondary N) is 1. The van der Waals surface area contributed by atoms with Crippen LogP contribution in [-0.4, -0.2) is 30.0 Å². The fourth-order valence-electron chi connectivity index (χ4n) is 1.78. The second-order valence-electron chi connectivity index (χ2n) is 4.96. The van der Waals surface area contributed by atoms with Crippen LogP contribution in [0.2, 0.25) is 0 Å². The Labute approximate surface area is 123 Å². The molecule has 21 heavy (non-hydrogen) atoms. The standard InChI is InChI=1S/C14H21N3O4/c1-4-10-5-6-12(11(9-10)17(19)20)21-8-7-14(2,16-3)13(15)18/h5-6,9,16H,4,7-8H2,1-3H3,(H2,15,18). The number of nitrogens with two attached hydrogens (primary N) is 1. The van der Waals surface area contributed by atoms with E-state index in [0.29, 0.717) is 12.8 Å². The lowest BCUT2D eigenvalue weighted by Crippen LogP contribution is -2.52. The van der Waals surface area contributed by atoms with Gasteiger partial charge in [0.05, 0.1) is 17.1 Å². The molecule has 0 saturated carbocycles. The lowest BCUT2D eigenvalue weighted by Gasteiger charge is -2.25. The van der Waals surface area contributed by atoms with Gasteiger partial charge < -0.3 is 15.8 Å². The molecular weight excluding hydrogens is 274 g/mol. The van der Waals surface area contributed by atoms with Crippen LogP contribution in [0.1, 0.15) is 25.8 Å². The molecule has 0 fully saturated rings. The number of nitro benzene ring substituents is 1. The van der Waals surface area contributed by atoms with Crippen molar-refractivity contribution >= 4 is 11.6 Å². The van der Waals surface area contributed by atoms with Crippen molar-refractivity contribution < 1.29 is 14.5 Å². The monoisotopic (exact) mass is 295 g/mol. The molecule has 0 heterocycles. The Morgan fingerprint density at radius 1 is 1.52 bits per heavy atom. The van der Waals surface area contributed by atoms with Crippen LogP contribution >= 0.6 is 0 Å². The Balaban J connectivity index is 2.80. The Morgan fingerprint density at radius 3 is 2.67 bits per heavy atom. The molecule has 1 unspecified atom stereocenters. The molecule has 1 aromatic carbocycles. The molecule has 1 amide bonds. The summed E-state index contributed by atoms with van der Waals surface area (Å²) in [5, 5.41) is 13.9. The van der Waals surface area contributed by atoms with Crippen LogP contribution in [0, 0.1) is 10.1 Å². The molecule has 1 rings (SSSR count). The Kier molecular flexibility index (Phi) is 5.66. The van der Waals surface area contributed by atoms with Crippen molar-refractivity contribution in [1.29, 1.82) is 0 Å². The SMILES string of the molecule is CCc1ccc(OCCC(C)(NC)C(N)=O)c([N+](=O)[O-])c1. The molecule has 0 saturated heterocycles. The summed E-state index contributed by atoms with van der Waals surface area (Å²) in [4.78, 5) is 21.9. The summed E-state index contributed by atoms with van der Waals surface area (Å²) >= 11 is 0. The van der Waals surface area contributed by atoms with Gasteiger partial charge in [0.2, 0.25) is 5.91 Å². The maximum absolute atomic E-state index is 11.3. The number of primary amides is 1. The summed E-state index contributed by atoms with van der Waals surface area (Å²) < 4.78 is 5.46. The van der Waals surface area contributed by atoms with E-state index in [1.165, 1.54) is 6.07 Å². The predicted octanol–water partition coefficient (Wildman–Crippen LogP) is 1.39. The normalized spacial score (nSPS) is 13.5.